The molecule has 0 aliphatic carbocycles. The third-order valence-corrected chi connectivity index (χ3v) is 2.27. The fourth-order valence-electron chi connectivity index (χ4n) is 0.777. The summed E-state index contributed by atoms with van der Waals surface area (Å²) < 4.78 is 19.8. The lowest BCUT2D eigenvalue weighted by Gasteiger charge is -1.95. The quantitative estimate of drug-likeness (QED) is 0.452. The molecule has 4 nitrogen and oxygen atoms in total. The van der Waals surface area contributed by atoms with Crippen molar-refractivity contribution in [2.24, 2.45) is 0 Å². The van der Waals surface area contributed by atoms with Gasteiger partial charge in [-0.05, 0) is 0 Å². The van der Waals surface area contributed by atoms with Crippen LogP contribution in [0.2, 0.25) is 0 Å². The Hall–Kier alpha value is -0.203. The van der Waals surface area contributed by atoms with Crippen molar-refractivity contribution in [3.63, 3.8) is 0 Å². The van der Waals surface area contributed by atoms with E-state index < -0.39 is 0 Å². The van der Waals surface area contributed by atoms with Crippen molar-refractivity contribution < 1.29 is 18.6 Å². The molecule has 0 aromatic rings. The first-order valence-corrected chi connectivity index (χ1v) is 6.17. The van der Waals surface area contributed by atoms with E-state index in [4.69, 9.17) is 18.6 Å². The van der Waals surface area contributed by atoms with E-state index in [-0.39, 0.29) is 9.76 Å². The third kappa shape index (κ3) is 7.22. The highest BCUT2D eigenvalue weighted by atomic mass is 28.2. The third-order valence-electron chi connectivity index (χ3n) is 1.70. The number of epoxide rings is 2. The van der Waals surface area contributed by atoms with Crippen LogP contribution in [0.25, 0.3) is 0 Å². The summed E-state index contributed by atoms with van der Waals surface area (Å²) in [7, 11) is 1.40. The van der Waals surface area contributed by atoms with Crippen LogP contribution in [0, 0.1) is 0 Å². The Bertz CT molecular complexity index is 145. The Labute approximate surface area is 87.1 Å². The van der Waals surface area contributed by atoms with Crippen LogP contribution in [0.5, 0.6) is 0 Å². The molecule has 0 radical (unpaired) electrons. The largest absolute Gasteiger partial charge is 0.422 e. The van der Waals surface area contributed by atoms with Gasteiger partial charge in [0.05, 0.1) is 26.4 Å². The number of ether oxygens (including phenoxy) is 3. The van der Waals surface area contributed by atoms with Gasteiger partial charge in [0.25, 0.3) is 0 Å². The topological polar surface area (TPSA) is 43.5 Å². The molecule has 2 atom stereocenters. The van der Waals surface area contributed by atoms with E-state index in [9.17, 15) is 0 Å². The fourth-order valence-corrected chi connectivity index (χ4v) is 1.01. The van der Waals surface area contributed by atoms with Gasteiger partial charge >= 0.3 is 0 Å². The monoisotopic (exact) mass is 218 g/mol. The Morgan fingerprint density at radius 2 is 1.86 bits per heavy atom. The van der Waals surface area contributed by atoms with Crippen LogP contribution in [0.3, 0.4) is 0 Å². The number of hydrogen-bond donors (Lipinski definition) is 0. The maximum atomic E-state index is 5.23. The summed E-state index contributed by atoms with van der Waals surface area (Å²) in [6, 6.07) is 0. The maximum absolute atomic E-state index is 5.23. The highest BCUT2D eigenvalue weighted by Gasteiger charge is 2.26. The molecule has 0 N–H and O–H groups in total. The van der Waals surface area contributed by atoms with Crippen molar-refractivity contribution in [2.75, 3.05) is 33.5 Å². The van der Waals surface area contributed by atoms with E-state index in [2.05, 4.69) is 6.58 Å². The molecule has 2 unspecified atom stereocenters. The average Bonchev–Trinajstić information content (AvgIpc) is 3.01. The molecule has 0 aromatic carbocycles. The van der Waals surface area contributed by atoms with E-state index in [0.29, 0.717) is 12.2 Å². The van der Waals surface area contributed by atoms with Gasteiger partial charge in [-0.1, -0.05) is 5.70 Å². The lowest BCUT2D eigenvalue weighted by Crippen LogP contribution is -2.06. The van der Waals surface area contributed by atoms with Gasteiger partial charge in [-0.3, -0.25) is 0 Å². The lowest BCUT2D eigenvalue weighted by molar-refractivity contribution is 0.102. The average molecular weight is 218 g/mol. The van der Waals surface area contributed by atoms with Gasteiger partial charge in [-0.15, -0.1) is 6.58 Å². The van der Waals surface area contributed by atoms with Gasteiger partial charge < -0.3 is 18.6 Å². The minimum absolute atomic E-state index is 0.304. The first-order valence-electron chi connectivity index (χ1n) is 4.77. The standard InChI is InChI=1S/C6H10O3.C3H8OSi/c1(5-3-8-5)7-2-6-4-9-6;1-3-5-4-2/h5-6H,1-4H2;3H,1,5H2,2H3. The zero-order chi connectivity index (χ0) is 10.2. The summed E-state index contributed by atoms with van der Waals surface area (Å²) in [5.74, 6) is 0. The normalized spacial score (nSPS) is 28.4. The van der Waals surface area contributed by atoms with Gasteiger partial charge in [0, 0.05) is 7.11 Å². The minimum Gasteiger partial charge on any atom is -0.422 e. The molecule has 2 saturated heterocycles. The van der Waals surface area contributed by atoms with Gasteiger partial charge in [0.2, 0.25) is 0 Å². The van der Waals surface area contributed by atoms with Crippen molar-refractivity contribution in [3.05, 3.63) is 12.3 Å². The van der Waals surface area contributed by atoms with Crippen LogP contribution in [0.4, 0.5) is 0 Å². The molecule has 5 heteroatoms. The van der Waals surface area contributed by atoms with Crippen LogP contribution in [0.15, 0.2) is 12.3 Å². The van der Waals surface area contributed by atoms with Gasteiger partial charge in [0.15, 0.2) is 9.76 Å². The van der Waals surface area contributed by atoms with Crippen LogP contribution >= 0.6 is 0 Å². The molecule has 2 aliphatic rings. The Kier molecular flexibility index (Phi) is 6.05. The maximum Gasteiger partial charge on any atom is 0.184 e. The highest BCUT2D eigenvalue weighted by Crippen LogP contribution is 2.12. The van der Waals surface area contributed by atoms with Crippen LogP contribution in [0.1, 0.15) is 0 Å². The molecule has 2 rings (SSSR count). The molecule has 0 saturated carbocycles. The predicted molar refractivity (Wildman–Crippen MR) is 56.0 cm³/mol. The Balaban J connectivity index is 0.000000171. The zero-order valence-corrected chi connectivity index (χ0v) is 10.0. The second-order valence-electron chi connectivity index (χ2n) is 3.19. The zero-order valence-electron chi connectivity index (χ0n) is 8.61. The first kappa shape index (κ1) is 11.9. The van der Waals surface area contributed by atoms with Crippen molar-refractivity contribution in [1.82, 2.24) is 0 Å². The Morgan fingerprint density at radius 3 is 2.07 bits per heavy atom. The first-order chi connectivity index (χ1) is 6.86. The van der Waals surface area contributed by atoms with Crippen molar-refractivity contribution in [2.45, 2.75) is 12.2 Å². The van der Waals surface area contributed by atoms with Crippen molar-refractivity contribution in [1.29, 1.82) is 0 Å². The second-order valence-corrected chi connectivity index (χ2v) is 4.68. The molecule has 0 amide bonds. The molecular formula is C9H18O4Si. The SMILES string of the molecule is C(OCC1CO1)C1CO1.C=C[SiH2]OC. The lowest BCUT2D eigenvalue weighted by atomic mass is 10.5. The van der Waals surface area contributed by atoms with E-state index >= 15 is 0 Å². The molecule has 0 aromatic heterocycles. The van der Waals surface area contributed by atoms with E-state index in [1.54, 1.807) is 7.11 Å². The van der Waals surface area contributed by atoms with E-state index in [1.807, 2.05) is 5.70 Å². The summed E-state index contributed by atoms with van der Waals surface area (Å²) in [6.07, 6.45) is 0.785. The Morgan fingerprint density at radius 1 is 1.36 bits per heavy atom. The second kappa shape index (κ2) is 7.14. The van der Waals surface area contributed by atoms with Crippen LogP contribution in [-0.2, 0) is 18.6 Å². The van der Waals surface area contributed by atoms with Crippen LogP contribution in [-0.4, -0.2) is 55.5 Å². The van der Waals surface area contributed by atoms with E-state index in [1.165, 1.54) is 0 Å². The molecule has 14 heavy (non-hydrogen) atoms. The summed E-state index contributed by atoms with van der Waals surface area (Å²) in [5, 5.41) is 0. The summed E-state index contributed by atoms with van der Waals surface area (Å²) in [4.78, 5) is 0. The molecule has 2 aliphatic heterocycles. The summed E-state index contributed by atoms with van der Waals surface area (Å²) in [6.45, 7) is 6.75. The van der Waals surface area contributed by atoms with Gasteiger partial charge in [0.1, 0.15) is 12.2 Å². The highest BCUT2D eigenvalue weighted by molar-refractivity contribution is 6.33. The molecule has 2 fully saturated rings. The summed E-state index contributed by atoms with van der Waals surface area (Å²) >= 11 is 0. The minimum atomic E-state index is -0.304. The molecular weight excluding hydrogens is 200 g/mol. The molecule has 0 spiro atoms. The van der Waals surface area contributed by atoms with Crippen molar-refractivity contribution >= 4 is 9.76 Å². The predicted octanol–water partition coefficient (Wildman–Crippen LogP) is -0.339. The van der Waals surface area contributed by atoms with Crippen LogP contribution < -0.4 is 0 Å². The molecule has 0 bridgehead atoms. The number of rotatable bonds is 6. The molecule has 82 valence electrons. The number of hydrogen-bond acceptors (Lipinski definition) is 4. The molecule has 2 heterocycles. The summed E-state index contributed by atoms with van der Waals surface area (Å²) in [5.41, 5.74) is 1.85. The smallest absolute Gasteiger partial charge is 0.184 e. The van der Waals surface area contributed by atoms with Gasteiger partial charge in [-0.25, -0.2) is 0 Å². The van der Waals surface area contributed by atoms with Crippen molar-refractivity contribution in [3.8, 4) is 0 Å². The van der Waals surface area contributed by atoms with E-state index in [0.717, 1.165) is 26.4 Å². The fraction of sp³-hybridized carbons (Fsp3) is 0.778. The van der Waals surface area contributed by atoms with Gasteiger partial charge in [-0.2, -0.15) is 0 Å².